The van der Waals surface area contributed by atoms with Gasteiger partial charge in [-0.15, -0.1) is 0 Å². The lowest BCUT2D eigenvalue weighted by Crippen LogP contribution is -2.48. The third kappa shape index (κ3) is 4.60. The molecule has 1 aliphatic heterocycles. The second-order valence-electron chi connectivity index (χ2n) is 7.39. The number of carbonyl (C=O) groups excluding carboxylic acids is 1. The maximum Gasteiger partial charge on any atom is 0.491 e. The van der Waals surface area contributed by atoms with Gasteiger partial charge >= 0.3 is 5.95 Å². The van der Waals surface area contributed by atoms with E-state index < -0.39 is 10.9 Å². The van der Waals surface area contributed by atoms with E-state index in [4.69, 9.17) is 0 Å². The van der Waals surface area contributed by atoms with Crippen LogP contribution in [0.15, 0.2) is 24.8 Å². The van der Waals surface area contributed by atoms with E-state index in [0.717, 1.165) is 31.9 Å². The summed E-state index contributed by atoms with van der Waals surface area (Å²) in [4.78, 5) is 30.6. The van der Waals surface area contributed by atoms with Gasteiger partial charge in [-0.3, -0.25) is 14.4 Å². The van der Waals surface area contributed by atoms with Crippen molar-refractivity contribution in [2.45, 2.75) is 33.6 Å². The van der Waals surface area contributed by atoms with Crippen molar-refractivity contribution in [3.63, 3.8) is 0 Å². The molecule has 0 atom stereocenters. The molecule has 1 aliphatic rings. The summed E-state index contributed by atoms with van der Waals surface area (Å²) < 4.78 is 4.73. The van der Waals surface area contributed by atoms with Gasteiger partial charge < -0.3 is 15.0 Å². The van der Waals surface area contributed by atoms with Gasteiger partial charge in [0, 0.05) is 62.3 Å². The second-order valence-corrected chi connectivity index (χ2v) is 7.39. The van der Waals surface area contributed by atoms with Crippen LogP contribution in [0.25, 0.3) is 0 Å². The van der Waals surface area contributed by atoms with E-state index in [1.807, 2.05) is 11.6 Å². The Morgan fingerprint density at radius 1 is 1.13 bits per heavy atom. The lowest BCUT2D eigenvalue weighted by atomic mass is 10.2. The Kier molecular flexibility index (Phi) is 5.75. The molecule has 0 aromatic carbocycles. The van der Waals surface area contributed by atoms with Gasteiger partial charge in [0.1, 0.15) is 5.69 Å². The van der Waals surface area contributed by atoms with Gasteiger partial charge in [0.2, 0.25) is 6.33 Å². The summed E-state index contributed by atoms with van der Waals surface area (Å²) in [6.45, 7) is 8.72. The molecule has 4 heterocycles. The first-order chi connectivity index (χ1) is 14.9. The molecule has 0 saturated carbocycles. The van der Waals surface area contributed by atoms with Crippen LogP contribution in [0, 0.1) is 17.0 Å². The molecule has 3 aromatic rings. The Bertz CT molecular complexity index is 1080. The van der Waals surface area contributed by atoms with E-state index in [2.05, 4.69) is 38.3 Å². The first-order valence-corrected chi connectivity index (χ1v) is 10.0. The molecule has 0 spiro atoms. The number of rotatable bonds is 7. The fourth-order valence-electron chi connectivity index (χ4n) is 3.53. The zero-order valence-corrected chi connectivity index (χ0v) is 17.5. The Morgan fingerprint density at radius 2 is 1.90 bits per heavy atom. The highest BCUT2D eigenvalue weighted by atomic mass is 16.6. The molecule has 3 aromatic heterocycles. The molecule has 164 valence electrons. The minimum absolute atomic E-state index is 0.127. The molecule has 0 aliphatic carbocycles. The largest absolute Gasteiger partial charge is 0.491 e. The maximum absolute atomic E-state index is 12.8. The van der Waals surface area contributed by atoms with E-state index in [9.17, 15) is 14.9 Å². The van der Waals surface area contributed by atoms with Crippen molar-refractivity contribution in [1.29, 1.82) is 0 Å². The highest BCUT2D eigenvalue weighted by Gasteiger charge is 2.24. The fourth-order valence-corrected chi connectivity index (χ4v) is 3.53. The van der Waals surface area contributed by atoms with Crippen molar-refractivity contribution < 1.29 is 9.72 Å². The van der Waals surface area contributed by atoms with Crippen LogP contribution in [0.5, 0.6) is 0 Å². The van der Waals surface area contributed by atoms with Gasteiger partial charge in [0.15, 0.2) is 6.67 Å². The zero-order chi connectivity index (χ0) is 22.0. The summed E-state index contributed by atoms with van der Waals surface area (Å²) in [7, 11) is 0. The summed E-state index contributed by atoms with van der Waals surface area (Å²) in [5.74, 6) is -0.600. The topological polar surface area (TPSA) is 133 Å². The first-order valence-electron chi connectivity index (χ1n) is 10.0. The second kappa shape index (κ2) is 8.63. The molecule has 4 rings (SSSR count). The van der Waals surface area contributed by atoms with E-state index in [-0.39, 0.29) is 12.6 Å². The fraction of sp³-hybridized carbons (Fsp3) is 0.500. The molecule has 31 heavy (non-hydrogen) atoms. The molecule has 13 heteroatoms. The lowest BCUT2D eigenvalue weighted by molar-refractivity contribution is -0.394. The van der Waals surface area contributed by atoms with Crippen molar-refractivity contribution in [1.82, 2.24) is 44.1 Å². The summed E-state index contributed by atoms with van der Waals surface area (Å²) in [6, 6.07) is 1.64. The number of nitrogens with zero attached hydrogens (tertiary/aromatic N) is 10. The number of piperazine rings is 1. The molecular formula is C18H24N10O3. The van der Waals surface area contributed by atoms with E-state index in [1.54, 1.807) is 17.2 Å². The van der Waals surface area contributed by atoms with Crippen LogP contribution in [0.2, 0.25) is 0 Å². The summed E-state index contributed by atoms with van der Waals surface area (Å²) in [6.07, 6.45) is 4.99. The molecule has 1 fully saturated rings. The van der Waals surface area contributed by atoms with E-state index in [1.165, 1.54) is 21.3 Å². The number of amides is 1. The minimum atomic E-state index is -0.661. The standard InChI is InChI=1S/C18H24N10O3/c1-3-25-11-15(14(2)20-25)10-23-6-8-24(9-7-23)17(29)16-4-5-26(21-16)13-27-12-19-18(22-27)28(30)31/h4-5,11-12H,3,6-10,13H2,1-2H3. The third-order valence-electron chi connectivity index (χ3n) is 5.26. The maximum atomic E-state index is 12.8. The molecule has 0 bridgehead atoms. The summed E-state index contributed by atoms with van der Waals surface area (Å²) in [5.41, 5.74) is 2.60. The number of carbonyl (C=O) groups is 1. The predicted molar refractivity (Wildman–Crippen MR) is 108 cm³/mol. The molecule has 0 unspecified atom stereocenters. The number of hydrogen-bond acceptors (Lipinski definition) is 8. The summed E-state index contributed by atoms with van der Waals surface area (Å²) >= 11 is 0. The van der Waals surface area contributed by atoms with Gasteiger partial charge in [0.25, 0.3) is 5.91 Å². The van der Waals surface area contributed by atoms with Crippen LogP contribution >= 0.6 is 0 Å². The van der Waals surface area contributed by atoms with Crippen molar-refractivity contribution in [2.75, 3.05) is 26.2 Å². The monoisotopic (exact) mass is 428 g/mol. The smallest absolute Gasteiger partial charge is 0.390 e. The van der Waals surface area contributed by atoms with Gasteiger partial charge in [-0.1, -0.05) is 4.98 Å². The van der Waals surface area contributed by atoms with Crippen LogP contribution in [0.1, 0.15) is 28.7 Å². The SMILES string of the molecule is CCn1cc(CN2CCN(C(=O)c3ccn(Cn4cnc([N+](=O)[O-])n4)n3)CC2)c(C)n1. The summed E-state index contributed by atoms with van der Waals surface area (Å²) in [5, 5.41) is 23.2. The van der Waals surface area contributed by atoms with Crippen molar-refractivity contribution in [3.05, 3.63) is 51.9 Å². The van der Waals surface area contributed by atoms with Crippen LogP contribution in [0.3, 0.4) is 0 Å². The van der Waals surface area contributed by atoms with Crippen LogP contribution in [-0.2, 0) is 19.8 Å². The predicted octanol–water partition coefficient (Wildman–Crippen LogP) is 0.371. The van der Waals surface area contributed by atoms with Crippen molar-refractivity contribution in [3.8, 4) is 0 Å². The highest BCUT2D eigenvalue weighted by molar-refractivity contribution is 5.92. The number of aryl methyl sites for hydroxylation is 2. The Morgan fingerprint density at radius 3 is 2.55 bits per heavy atom. The van der Waals surface area contributed by atoms with Crippen LogP contribution in [0.4, 0.5) is 5.95 Å². The third-order valence-corrected chi connectivity index (χ3v) is 5.26. The Balaban J connectivity index is 1.31. The Hall–Kier alpha value is -3.61. The molecule has 1 amide bonds. The molecule has 0 radical (unpaired) electrons. The van der Waals surface area contributed by atoms with E-state index in [0.29, 0.717) is 18.8 Å². The van der Waals surface area contributed by atoms with Gasteiger partial charge in [0.05, 0.1) is 5.69 Å². The Labute approximate surface area is 178 Å². The number of aromatic nitrogens is 7. The molecule has 0 N–H and O–H groups in total. The van der Waals surface area contributed by atoms with Crippen molar-refractivity contribution >= 4 is 11.9 Å². The quantitative estimate of drug-likeness (QED) is 0.389. The lowest BCUT2D eigenvalue weighted by Gasteiger charge is -2.34. The van der Waals surface area contributed by atoms with Gasteiger partial charge in [-0.2, -0.15) is 14.9 Å². The molecule has 1 saturated heterocycles. The van der Waals surface area contributed by atoms with Crippen LogP contribution < -0.4 is 0 Å². The van der Waals surface area contributed by atoms with Crippen LogP contribution in [-0.4, -0.2) is 81.1 Å². The highest BCUT2D eigenvalue weighted by Crippen LogP contribution is 2.13. The van der Waals surface area contributed by atoms with Gasteiger partial charge in [-0.05, 0) is 24.8 Å². The average Bonchev–Trinajstić information content (AvgIpc) is 3.49. The number of nitro groups is 1. The van der Waals surface area contributed by atoms with Gasteiger partial charge in [-0.25, -0.2) is 4.68 Å². The average molecular weight is 428 g/mol. The first kappa shape index (κ1) is 20.7. The molecular weight excluding hydrogens is 404 g/mol. The number of hydrogen-bond donors (Lipinski definition) is 0. The van der Waals surface area contributed by atoms with Crippen molar-refractivity contribution in [2.24, 2.45) is 0 Å². The zero-order valence-electron chi connectivity index (χ0n) is 17.5. The molecule has 13 nitrogen and oxygen atoms in total. The van der Waals surface area contributed by atoms with E-state index >= 15 is 0 Å². The minimum Gasteiger partial charge on any atom is -0.390 e. The normalized spacial score (nSPS) is 14.8.